The molecule has 0 bridgehead atoms. The van der Waals surface area contributed by atoms with E-state index in [9.17, 15) is 0 Å². The molecule has 3 heterocycles. The molecule has 7 heteroatoms. The fourth-order valence-electron chi connectivity index (χ4n) is 4.07. The van der Waals surface area contributed by atoms with Crippen LogP contribution in [0, 0.1) is 0 Å². The molecule has 0 radical (unpaired) electrons. The van der Waals surface area contributed by atoms with Crippen LogP contribution in [-0.2, 0) is 53.6 Å². The van der Waals surface area contributed by atoms with Crippen LogP contribution in [0.5, 0.6) is 0 Å². The topological polar surface area (TPSA) is 46.2 Å². The van der Waals surface area contributed by atoms with Crippen molar-refractivity contribution in [3.05, 3.63) is 35.9 Å². The number of fused-ring (bicyclic) bond motifs is 1. The number of benzene rings is 1. The fraction of sp³-hybridized carbons (Fsp3) is 0.684. The second-order valence-electron chi connectivity index (χ2n) is 7.68. The Morgan fingerprint density at radius 3 is 2.69 bits per heavy atom. The Hall–Kier alpha value is 0.245. The molecule has 3 aliphatic heterocycles. The van der Waals surface area contributed by atoms with E-state index in [-0.39, 0.29) is 24.4 Å². The van der Waals surface area contributed by atoms with E-state index in [4.69, 9.17) is 31.9 Å². The van der Waals surface area contributed by atoms with Crippen LogP contribution >= 0.6 is 8.25 Å². The van der Waals surface area contributed by atoms with Crippen molar-refractivity contribution < 1.29 is 47.0 Å². The van der Waals surface area contributed by atoms with Crippen molar-refractivity contribution in [2.24, 2.45) is 0 Å². The zero-order valence-electron chi connectivity index (χ0n) is 15.3. The number of hydrogen-bond acceptors (Lipinski definition) is 5. The number of ether oxygens (including phenoxy) is 5. The molecule has 26 heavy (non-hydrogen) atoms. The molecule has 5 nitrogen and oxygen atoms in total. The van der Waals surface area contributed by atoms with Gasteiger partial charge < -0.3 is 0 Å². The molecular weight excluding hydrogens is 544 g/mol. The first-order valence-corrected chi connectivity index (χ1v) is 20.1. The van der Waals surface area contributed by atoms with E-state index in [1.807, 2.05) is 32.0 Å². The van der Waals surface area contributed by atoms with E-state index >= 15 is 0 Å². The van der Waals surface area contributed by atoms with E-state index in [2.05, 4.69) is 12.1 Å². The van der Waals surface area contributed by atoms with Gasteiger partial charge >= 0.3 is 171 Å². The molecule has 3 fully saturated rings. The van der Waals surface area contributed by atoms with Crippen molar-refractivity contribution >= 4 is 8.25 Å². The standard InChI is InChI=1S/C19H25O5.ClH.Hg/c1-12-9-10-14(21-12)15-16(20-11-13-7-5-4-6-8-13)17-18(22-15)24-19(2,3)23-17;;/h4-8,12,14-18H,1,9-11H2,2-3H3;1H;/q;;+1/p-1/t12-,14+,15-,16+,17-,18-;;/m1../s1. The maximum absolute atomic E-state index is 6.29. The third-order valence-corrected chi connectivity index (χ3v) is 10.5. The van der Waals surface area contributed by atoms with Gasteiger partial charge in [-0.25, -0.2) is 0 Å². The van der Waals surface area contributed by atoms with Gasteiger partial charge in [0.05, 0.1) is 0 Å². The predicted octanol–water partition coefficient (Wildman–Crippen LogP) is 3.65. The van der Waals surface area contributed by atoms with Crippen LogP contribution in [0.1, 0.15) is 32.3 Å². The van der Waals surface area contributed by atoms with Crippen molar-refractivity contribution in [3.8, 4) is 0 Å². The Morgan fingerprint density at radius 1 is 1.12 bits per heavy atom. The molecule has 140 valence electrons. The van der Waals surface area contributed by atoms with Gasteiger partial charge in [-0.3, -0.25) is 0 Å². The Labute approximate surface area is 170 Å². The van der Waals surface area contributed by atoms with Crippen molar-refractivity contribution in [1.29, 1.82) is 0 Å². The molecule has 4 rings (SSSR count). The summed E-state index contributed by atoms with van der Waals surface area (Å²) in [6.07, 6.45) is 1.38. The molecule has 0 aromatic heterocycles. The van der Waals surface area contributed by atoms with Crippen LogP contribution in [0.3, 0.4) is 0 Å². The molecule has 3 aliphatic rings. The number of halogens is 1. The van der Waals surface area contributed by atoms with E-state index < -0.39 is 35.4 Å². The van der Waals surface area contributed by atoms with Crippen LogP contribution in [0.2, 0.25) is 3.93 Å². The van der Waals surface area contributed by atoms with Gasteiger partial charge in [0.25, 0.3) is 0 Å². The second kappa shape index (κ2) is 8.32. The second-order valence-corrected chi connectivity index (χ2v) is 14.7. The molecule has 0 N–H and O–H groups in total. The SMILES string of the molecule is CC1(C)O[C@H]2O[C@H]([C@@H]3CC[C@@H]([CH2][Hg][Cl])O3)[C@H](OCc3ccccc3)[C@H]2O1. The van der Waals surface area contributed by atoms with Gasteiger partial charge in [-0.2, -0.15) is 0 Å². The van der Waals surface area contributed by atoms with E-state index in [1.165, 1.54) is 0 Å². The van der Waals surface area contributed by atoms with E-state index in [0.717, 1.165) is 22.3 Å². The van der Waals surface area contributed by atoms with Gasteiger partial charge in [0, 0.05) is 0 Å². The Morgan fingerprint density at radius 2 is 1.92 bits per heavy atom. The summed E-state index contributed by atoms with van der Waals surface area (Å²) in [5.41, 5.74) is 1.13. The van der Waals surface area contributed by atoms with Crippen LogP contribution in [-0.4, -0.2) is 42.6 Å². The molecular formula is C19H25ClHgO5. The average Bonchev–Trinajstić information content (AvgIpc) is 3.27. The molecule has 0 unspecified atom stereocenters. The van der Waals surface area contributed by atoms with Gasteiger partial charge in [0.2, 0.25) is 0 Å². The summed E-state index contributed by atoms with van der Waals surface area (Å²) >= 11 is -1.20. The third-order valence-electron chi connectivity index (χ3n) is 5.25. The van der Waals surface area contributed by atoms with Crippen LogP contribution in [0.15, 0.2) is 30.3 Å². The summed E-state index contributed by atoms with van der Waals surface area (Å²) in [5, 5.41) is 0. The first-order chi connectivity index (χ1) is 12.6. The Kier molecular flexibility index (Phi) is 6.25. The van der Waals surface area contributed by atoms with Crippen molar-refractivity contribution in [2.45, 2.75) is 79.8 Å². The first-order valence-electron chi connectivity index (χ1n) is 9.44. The summed E-state index contributed by atoms with van der Waals surface area (Å²) in [4.78, 5) is 0. The average molecular weight is 569 g/mol. The van der Waals surface area contributed by atoms with Gasteiger partial charge in [-0.05, 0) is 0 Å². The molecule has 1 aromatic rings. The normalized spacial score (nSPS) is 38.3. The van der Waals surface area contributed by atoms with Gasteiger partial charge in [0.1, 0.15) is 0 Å². The molecule has 0 aliphatic carbocycles. The van der Waals surface area contributed by atoms with Crippen molar-refractivity contribution in [2.75, 3.05) is 0 Å². The van der Waals surface area contributed by atoms with Gasteiger partial charge in [-0.15, -0.1) is 0 Å². The van der Waals surface area contributed by atoms with E-state index in [0.29, 0.717) is 12.7 Å². The zero-order chi connectivity index (χ0) is 18.1. The first kappa shape index (κ1) is 19.6. The summed E-state index contributed by atoms with van der Waals surface area (Å²) < 4.78 is 31.9. The summed E-state index contributed by atoms with van der Waals surface area (Å²) in [7, 11) is 6.09. The van der Waals surface area contributed by atoms with Crippen LogP contribution in [0.25, 0.3) is 0 Å². The third kappa shape index (κ3) is 4.29. The predicted molar refractivity (Wildman–Crippen MR) is 92.3 cm³/mol. The number of rotatable bonds is 6. The van der Waals surface area contributed by atoms with Gasteiger partial charge in [-0.1, -0.05) is 0 Å². The summed E-state index contributed by atoms with van der Waals surface area (Å²) in [6.45, 7) is 4.34. The molecule has 3 saturated heterocycles. The molecule has 6 atom stereocenters. The number of hydrogen-bond donors (Lipinski definition) is 0. The van der Waals surface area contributed by atoms with Crippen LogP contribution < -0.4 is 0 Å². The fourth-order valence-corrected chi connectivity index (χ4v) is 8.80. The quantitative estimate of drug-likeness (QED) is 0.490. The Balaban J connectivity index is 1.46. The minimum absolute atomic E-state index is 0.0262. The van der Waals surface area contributed by atoms with Crippen molar-refractivity contribution in [1.82, 2.24) is 0 Å². The molecule has 1 aromatic carbocycles. The zero-order valence-corrected chi connectivity index (χ0v) is 21.6. The molecule has 0 spiro atoms. The van der Waals surface area contributed by atoms with Gasteiger partial charge in [0.15, 0.2) is 0 Å². The maximum atomic E-state index is 6.29. The molecule has 0 amide bonds. The monoisotopic (exact) mass is 570 g/mol. The van der Waals surface area contributed by atoms with Crippen LogP contribution in [0.4, 0.5) is 0 Å². The summed E-state index contributed by atoms with van der Waals surface area (Å²) in [6, 6.07) is 10.2. The minimum atomic E-state index is -1.20. The van der Waals surface area contributed by atoms with E-state index in [1.54, 1.807) is 0 Å². The molecule has 0 saturated carbocycles. The van der Waals surface area contributed by atoms with Crippen molar-refractivity contribution in [3.63, 3.8) is 0 Å². The Bertz CT molecular complexity index is 601. The summed E-state index contributed by atoms with van der Waals surface area (Å²) in [5.74, 6) is -0.651.